The molecule has 0 atom stereocenters. The average Bonchev–Trinajstić information content (AvgIpc) is 2.77. The van der Waals surface area contributed by atoms with Gasteiger partial charge in [-0.2, -0.15) is 0 Å². The molecule has 1 N–H and O–H groups in total. The van der Waals surface area contributed by atoms with Crippen LogP contribution in [0.4, 0.5) is 0 Å². The second-order valence-corrected chi connectivity index (χ2v) is 8.56. The molecule has 0 amide bonds. The lowest BCUT2D eigenvalue weighted by atomic mass is 9.83. The van der Waals surface area contributed by atoms with Crippen LogP contribution in [0.2, 0.25) is 0 Å². The van der Waals surface area contributed by atoms with E-state index in [0.717, 1.165) is 48.1 Å². The number of aromatic hydroxyl groups is 1. The van der Waals surface area contributed by atoms with Crippen molar-refractivity contribution in [2.24, 2.45) is 10.9 Å². The number of allylic oxidation sites excluding steroid dienone is 2. The van der Waals surface area contributed by atoms with Crippen molar-refractivity contribution in [2.75, 3.05) is 6.54 Å². The van der Waals surface area contributed by atoms with Gasteiger partial charge in [0, 0.05) is 17.9 Å². The maximum atomic E-state index is 10.5. The van der Waals surface area contributed by atoms with Gasteiger partial charge in [0.05, 0.1) is 5.56 Å². The Morgan fingerprint density at radius 1 is 1.00 bits per heavy atom. The molecule has 2 aromatic rings. The Hall–Kier alpha value is -2.81. The number of benzene rings is 2. The molecule has 156 valence electrons. The van der Waals surface area contributed by atoms with E-state index in [-0.39, 0.29) is 5.75 Å². The Kier molecular flexibility index (Phi) is 6.37. The van der Waals surface area contributed by atoms with Crippen molar-refractivity contribution in [1.82, 2.24) is 4.90 Å². The third-order valence-electron chi connectivity index (χ3n) is 6.47. The second kappa shape index (κ2) is 9.34. The van der Waals surface area contributed by atoms with Crippen LogP contribution in [0.15, 0.2) is 83.1 Å². The van der Waals surface area contributed by atoms with Crippen molar-refractivity contribution in [3.63, 3.8) is 0 Å². The molecule has 4 rings (SSSR count). The molecule has 1 aliphatic heterocycles. The maximum absolute atomic E-state index is 10.5. The highest BCUT2D eigenvalue weighted by molar-refractivity contribution is 6.03. The SMILES string of the molecule is C=C1C(CC2CCCCC2)=C(C)N=C(c2ccccc2O)N1CCc1ccccc1. The van der Waals surface area contributed by atoms with Gasteiger partial charge in [-0.05, 0) is 49.0 Å². The number of aliphatic imine (C=N–C) groups is 1. The molecule has 1 fully saturated rings. The summed E-state index contributed by atoms with van der Waals surface area (Å²) in [5, 5.41) is 10.5. The van der Waals surface area contributed by atoms with E-state index in [9.17, 15) is 5.11 Å². The Morgan fingerprint density at radius 3 is 2.43 bits per heavy atom. The first-order valence-electron chi connectivity index (χ1n) is 11.2. The Bertz CT molecular complexity index is 952. The van der Waals surface area contributed by atoms with Gasteiger partial charge < -0.3 is 10.0 Å². The monoisotopic (exact) mass is 400 g/mol. The van der Waals surface area contributed by atoms with E-state index >= 15 is 0 Å². The van der Waals surface area contributed by atoms with Crippen LogP contribution >= 0.6 is 0 Å². The van der Waals surface area contributed by atoms with Crippen molar-refractivity contribution in [3.05, 3.63) is 89.3 Å². The molecule has 1 saturated carbocycles. The highest BCUT2D eigenvalue weighted by atomic mass is 16.3. The molecule has 30 heavy (non-hydrogen) atoms. The van der Waals surface area contributed by atoms with Gasteiger partial charge in [0.25, 0.3) is 0 Å². The highest BCUT2D eigenvalue weighted by Crippen LogP contribution is 2.37. The number of hydrogen-bond donors (Lipinski definition) is 1. The van der Waals surface area contributed by atoms with Crippen molar-refractivity contribution >= 4 is 5.84 Å². The number of nitrogens with zero attached hydrogens (tertiary/aromatic N) is 2. The molecule has 2 aliphatic rings. The standard InChI is InChI=1S/C27H32N2O/c1-20-25(19-23-13-7-4-8-14-23)21(2)29(18-17-22-11-5-3-6-12-22)27(28-20)24-15-9-10-16-26(24)30/h3,5-6,9-12,15-16,23,30H,2,4,7-8,13-14,17-19H2,1H3. The largest absolute Gasteiger partial charge is 0.507 e. The van der Waals surface area contributed by atoms with E-state index in [1.54, 1.807) is 6.07 Å². The fourth-order valence-electron chi connectivity index (χ4n) is 4.73. The lowest BCUT2D eigenvalue weighted by Crippen LogP contribution is -2.36. The molecular weight excluding hydrogens is 368 g/mol. The molecule has 1 heterocycles. The highest BCUT2D eigenvalue weighted by Gasteiger charge is 2.28. The molecule has 0 unspecified atom stereocenters. The van der Waals surface area contributed by atoms with Crippen LogP contribution in [0.1, 0.15) is 56.6 Å². The van der Waals surface area contributed by atoms with Gasteiger partial charge in [0.15, 0.2) is 0 Å². The fourth-order valence-corrected chi connectivity index (χ4v) is 4.73. The molecule has 0 saturated heterocycles. The van der Waals surface area contributed by atoms with E-state index < -0.39 is 0 Å². The minimum atomic E-state index is 0.261. The predicted octanol–water partition coefficient (Wildman–Crippen LogP) is 6.46. The van der Waals surface area contributed by atoms with Gasteiger partial charge >= 0.3 is 0 Å². The van der Waals surface area contributed by atoms with Crippen LogP contribution in [0, 0.1) is 5.92 Å². The summed E-state index contributed by atoms with van der Waals surface area (Å²) in [6.07, 6.45) is 8.63. The van der Waals surface area contributed by atoms with Crippen LogP contribution < -0.4 is 0 Å². The van der Waals surface area contributed by atoms with E-state index in [0.29, 0.717) is 0 Å². The van der Waals surface area contributed by atoms with E-state index in [1.165, 1.54) is 43.2 Å². The smallest absolute Gasteiger partial charge is 0.144 e. The molecule has 2 aromatic carbocycles. The molecular formula is C27H32N2O. The van der Waals surface area contributed by atoms with E-state index in [1.807, 2.05) is 24.3 Å². The lowest BCUT2D eigenvalue weighted by molar-refractivity contribution is 0.351. The van der Waals surface area contributed by atoms with Gasteiger partial charge in [0.2, 0.25) is 0 Å². The summed E-state index contributed by atoms with van der Waals surface area (Å²) in [6, 6.07) is 18.0. The number of rotatable bonds is 6. The van der Waals surface area contributed by atoms with Crippen molar-refractivity contribution in [3.8, 4) is 5.75 Å². The summed E-state index contributed by atoms with van der Waals surface area (Å²) in [4.78, 5) is 7.22. The Balaban J connectivity index is 1.65. The quantitative estimate of drug-likeness (QED) is 0.604. The zero-order chi connectivity index (χ0) is 20.9. The van der Waals surface area contributed by atoms with Gasteiger partial charge in [-0.25, -0.2) is 4.99 Å². The maximum Gasteiger partial charge on any atom is 0.144 e. The van der Waals surface area contributed by atoms with Gasteiger partial charge in [0.1, 0.15) is 11.6 Å². The summed E-state index contributed by atoms with van der Waals surface area (Å²) < 4.78 is 0. The molecule has 0 spiro atoms. The average molecular weight is 401 g/mol. The third kappa shape index (κ3) is 4.51. The van der Waals surface area contributed by atoms with Gasteiger partial charge in [-0.15, -0.1) is 0 Å². The van der Waals surface area contributed by atoms with Crippen molar-refractivity contribution in [2.45, 2.75) is 51.9 Å². The molecule has 3 nitrogen and oxygen atoms in total. The summed E-state index contributed by atoms with van der Waals surface area (Å²) >= 11 is 0. The first-order chi connectivity index (χ1) is 14.6. The molecule has 0 radical (unpaired) electrons. The predicted molar refractivity (Wildman–Crippen MR) is 125 cm³/mol. The normalized spacial score (nSPS) is 18.0. The molecule has 3 heteroatoms. The fraction of sp³-hybridized carbons (Fsp3) is 0.370. The third-order valence-corrected chi connectivity index (χ3v) is 6.47. The second-order valence-electron chi connectivity index (χ2n) is 8.56. The zero-order valence-corrected chi connectivity index (χ0v) is 18.0. The van der Waals surface area contributed by atoms with Crippen LogP contribution in [-0.2, 0) is 6.42 Å². The number of amidine groups is 1. The molecule has 0 bridgehead atoms. The zero-order valence-electron chi connectivity index (χ0n) is 18.0. The summed E-state index contributed by atoms with van der Waals surface area (Å²) in [5.41, 5.74) is 5.43. The van der Waals surface area contributed by atoms with Crippen molar-refractivity contribution in [1.29, 1.82) is 0 Å². The number of phenols is 1. The van der Waals surface area contributed by atoms with Crippen LogP contribution in [0.25, 0.3) is 0 Å². The minimum Gasteiger partial charge on any atom is -0.507 e. The van der Waals surface area contributed by atoms with E-state index in [2.05, 4.69) is 42.7 Å². The summed E-state index contributed by atoms with van der Waals surface area (Å²) in [6.45, 7) is 7.40. The summed E-state index contributed by atoms with van der Waals surface area (Å²) in [7, 11) is 0. The topological polar surface area (TPSA) is 35.8 Å². The number of hydrogen-bond acceptors (Lipinski definition) is 3. The minimum absolute atomic E-state index is 0.261. The number of phenolic OH excluding ortho intramolecular Hbond substituents is 1. The summed E-state index contributed by atoms with van der Waals surface area (Å²) in [5.74, 6) is 1.80. The lowest BCUT2D eigenvalue weighted by Gasteiger charge is -2.35. The molecule has 0 aromatic heterocycles. The first-order valence-corrected chi connectivity index (χ1v) is 11.2. The number of para-hydroxylation sites is 1. The van der Waals surface area contributed by atoms with Gasteiger partial charge in [-0.1, -0.05) is 81.1 Å². The van der Waals surface area contributed by atoms with Crippen LogP contribution in [-0.4, -0.2) is 22.4 Å². The van der Waals surface area contributed by atoms with Crippen LogP contribution in [0.5, 0.6) is 5.75 Å². The Morgan fingerprint density at radius 2 is 1.70 bits per heavy atom. The van der Waals surface area contributed by atoms with Crippen LogP contribution in [0.3, 0.4) is 0 Å². The molecule has 1 aliphatic carbocycles. The van der Waals surface area contributed by atoms with Gasteiger partial charge in [-0.3, -0.25) is 0 Å². The van der Waals surface area contributed by atoms with E-state index in [4.69, 9.17) is 4.99 Å². The van der Waals surface area contributed by atoms with Crippen molar-refractivity contribution < 1.29 is 5.11 Å². The Labute approximate surface area is 180 Å². The first kappa shape index (κ1) is 20.5.